The first-order chi connectivity index (χ1) is 14.8. The third-order valence-electron chi connectivity index (χ3n) is 13.5. The molecule has 0 aromatic carbocycles. The van der Waals surface area contributed by atoms with Gasteiger partial charge in [0.2, 0.25) is 0 Å². The van der Waals surface area contributed by atoms with Crippen LogP contribution in [0.3, 0.4) is 0 Å². The summed E-state index contributed by atoms with van der Waals surface area (Å²) in [5, 5.41) is 21.6. The van der Waals surface area contributed by atoms with E-state index in [0.29, 0.717) is 40.1 Å². The molecule has 0 amide bonds. The maximum absolute atomic E-state index is 10.9. The number of rotatable bonds is 1. The minimum absolute atomic E-state index is 0.0427. The molecule has 0 radical (unpaired) electrons. The van der Waals surface area contributed by atoms with E-state index in [-0.39, 0.29) is 16.9 Å². The minimum Gasteiger partial charge on any atom is -0.396 e. The molecule has 2 N–H and O–H groups in total. The zero-order valence-electron chi connectivity index (χ0n) is 22.3. The summed E-state index contributed by atoms with van der Waals surface area (Å²) in [4.78, 5) is 0. The lowest BCUT2D eigenvalue weighted by molar-refractivity contribution is -0.250. The first-order valence-corrected chi connectivity index (χ1v) is 14.0. The predicted molar refractivity (Wildman–Crippen MR) is 132 cm³/mol. The summed E-state index contributed by atoms with van der Waals surface area (Å²) in [5.41, 5.74) is 1.80. The molecule has 0 aliphatic heterocycles. The molecule has 0 saturated heterocycles. The lowest BCUT2D eigenvalue weighted by atomic mass is 9.32. The molecule has 0 aromatic heterocycles. The second-order valence-corrected chi connectivity index (χ2v) is 15.6. The molecule has 32 heavy (non-hydrogen) atoms. The average Bonchev–Trinajstić information content (AvgIpc) is 2.71. The van der Waals surface area contributed by atoms with E-state index >= 15 is 0 Å². The molecular weight excluding hydrogens is 392 g/mol. The standard InChI is InChI=1S/C30H52O2/c1-25(2)16-17-30(19-31)15-10-22-28(6)12-8-20-26(3,4)24(32)11-14-27(20,5)21(28)9-13-29(22,7)23(30)18-25/h20-24,31-32H,8-19H2,1-7H3/t20-,21-,22+,23-,24-,27-,28+,29+,30-/m0/s1. The van der Waals surface area contributed by atoms with Crippen molar-refractivity contribution < 1.29 is 10.2 Å². The van der Waals surface area contributed by atoms with E-state index in [9.17, 15) is 10.2 Å². The van der Waals surface area contributed by atoms with Crippen LogP contribution in [0.4, 0.5) is 0 Å². The van der Waals surface area contributed by atoms with Crippen molar-refractivity contribution in [1.29, 1.82) is 0 Å². The molecule has 5 fully saturated rings. The van der Waals surface area contributed by atoms with Crippen LogP contribution in [0.1, 0.15) is 119 Å². The first-order valence-electron chi connectivity index (χ1n) is 14.0. The van der Waals surface area contributed by atoms with Crippen LogP contribution in [0.25, 0.3) is 0 Å². The molecule has 2 heteroatoms. The molecule has 0 heterocycles. The molecule has 2 nitrogen and oxygen atoms in total. The van der Waals surface area contributed by atoms with Crippen LogP contribution in [0.2, 0.25) is 0 Å². The quantitative estimate of drug-likeness (QED) is 0.448. The van der Waals surface area contributed by atoms with Crippen molar-refractivity contribution in [3.8, 4) is 0 Å². The SMILES string of the molecule is CC1(C)CC[C@]2(CO)CC[C@@H]3[C@]4(C)CC[C@H]5C(C)(C)[C@@H](O)CC[C@]5(C)[C@@H]4CC[C@@]3(C)[C@@H]2C1. The van der Waals surface area contributed by atoms with Gasteiger partial charge >= 0.3 is 0 Å². The van der Waals surface area contributed by atoms with Gasteiger partial charge in [-0.15, -0.1) is 0 Å². The second kappa shape index (κ2) is 6.99. The Morgan fingerprint density at radius 1 is 0.594 bits per heavy atom. The fourth-order valence-electron chi connectivity index (χ4n) is 11.7. The normalized spacial score (nSPS) is 56.3. The van der Waals surface area contributed by atoms with Crippen LogP contribution in [0, 0.1) is 56.2 Å². The number of aliphatic hydroxyl groups excluding tert-OH is 2. The summed E-state index contributed by atoms with van der Waals surface area (Å²) in [6.45, 7) is 18.1. The highest BCUT2D eigenvalue weighted by molar-refractivity contribution is 5.18. The van der Waals surface area contributed by atoms with E-state index in [4.69, 9.17) is 0 Å². The van der Waals surface area contributed by atoms with Crippen molar-refractivity contribution >= 4 is 0 Å². The summed E-state index contributed by atoms with van der Waals surface area (Å²) in [6.07, 6.45) is 13.8. The summed E-state index contributed by atoms with van der Waals surface area (Å²) in [5.74, 6) is 2.90. The Bertz CT molecular complexity index is 756. The number of fused-ring (bicyclic) bond motifs is 7. The van der Waals surface area contributed by atoms with Gasteiger partial charge in [-0.05, 0) is 127 Å². The summed E-state index contributed by atoms with van der Waals surface area (Å²) in [7, 11) is 0. The van der Waals surface area contributed by atoms with E-state index in [0.717, 1.165) is 18.3 Å². The Hall–Kier alpha value is -0.0800. The molecular formula is C30H52O2. The van der Waals surface area contributed by atoms with Gasteiger partial charge in [-0.1, -0.05) is 48.5 Å². The highest BCUT2D eigenvalue weighted by Crippen LogP contribution is 2.76. The van der Waals surface area contributed by atoms with E-state index in [1.165, 1.54) is 64.2 Å². The monoisotopic (exact) mass is 444 g/mol. The topological polar surface area (TPSA) is 40.5 Å². The van der Waals surface area contributed by atoms with Crippen molar-refractivity contribution in [3.05, 3.63) is 0 Å². The summed E-state index contributed by atoms with van der Waals surface area (Å²) >= 11 is 0. The van der Waals surface area contributed by atoms with Crippen LogP contribution < -0.4 is 0 Å². The molecule has 9 atom stereocenters. The smallest absolute Gasteiger partial charge is 0.0594 e. The van der Waals surface area contributed by atoms with E-state index in [1.807, 2.05) is 0 Å². The van der Waals surface area contributed by atoms with Crippen molar-refractivity contribution in [2.45, 2.75) is 125 Å². The minimum atomic E-state index is -0.136. The van der Waals surface area contributed by atoms with Gasteiger partial charge in [0, 0.05) is 6.61 Å². The number of aliphatic hydroxyl groups is 2. The van der Waals surface area contributed by atoms with Gasteiger partial charge in [-0.2, -0.15) is 0 Å². The molecule has 0 bridgehead atoms. The fourth-order valence-corrected chi connectivity index (χ4v) is 11.7. The van der Waals surface area contributed by atoms with Gasteiger partial charge in [0.15, 0.2) is 0 Å². The van der Waals surface area contributed by atoms with Gasteiger partial charge in [0.1, 0.15) is 0 Å². The third kappa shape index (κ3) is 2.90. The summed E-state index contributed by atoms with van der Waals surface area (Å²) < 4.78 is 0. The van der Waals surface area contributed by atoms with Crippen molar-refractivity contribution in [2.75, 3.05) is 6.61 Å². The van der Waals surface area contributed by atoms with Crippen LogP contribution in [-0.4, -0.2) is 22.9 Å². The first kappa shape index (κ1) is 23.7. The second-order valence-electron chi connectivity index (χ2n) is 15.6. The molecule has 5 aliphatic carbocycles. The van der Waals surface area contributed by atoms with Crippen molar-refractivity contribution in [2.24, 2.45) is 56.2 Å². The predicted octanol–water partition coefficient (Wildman–Crippen LogP) is 7.22. The van der Waals surface area contributed by atoms with E-state index in [1.54, 1.807) is 0 Å². The van der Waals surface area contributed by atoms with Crippen LogP contribution >= 0.6 is 0 Å². The fraction of sp³-hybridized carbons (Fsp3) is 1.00. The zero-order chi connectivity index (χ0) is 23.4. The lowest BCUT2D eigenvalue weighted by Crippen LogP contribution is -2.66. The molecule has 0 unspecified atom stereocenters. The highest BCUT2D eigenvalue weighted by Gasteiger charge is 2.69. The Morgan fingerprint density at radius 3 is 1.72 bits per heavy atom. The van der Waals surface area contributed by atoms with Gasteiger partial charge in [0.05, 0.1) is 6.10 Å². The molecule has 184 valence electrons. The Labute approximate surface area is 198 Å². The molecule has 5 rings (SSSR count). The van der Waals surface area contributed by atoms with Gasteiger partial charge in [-0.3, -0.25) is 0 Å². The van der Waals surface area contributed by atoms with Crippen LogP contribution in [0.5, 0.6) is 0 Å². The average molecular weight is 445 g/mol. The maximum Gasteiger partial charge on any atom is 0.0594 e. The van der Waals surface area contributed by atoms with Gasteiger partial charge in [-0.25, -0.2) is 0 Å². The molecule has 5 aliphatic rings. The molecule has 0 aromatic rings. The Morgan fingerprint density at radius 2 is 1.09 bits per heavy atom. The van der Waals surface area contributed by atoms with E-state index < -0.39 is 0 Å². The molecule has 5 saturated carbocycles. The van der Waals surface area contributed by atoms with Crippen LogP contribution in [0.15, 0.2) is 0 Å². The Balaban J connectivity index is 1.52. The van der Waals surface area contributed by atoms with Gasteiger partial charge in [0.25, 0.3) is 0 Å². The number of hydrogen-bond donors (Lipinski definition) is 2. The summed E-state index contributed by atoms with van der Waals surface area (Å²) in [6, 6.07) is 0. The highest BCUT2D eigenvalue weighted by atomic mass is 16.3. The zero-order valence-corrected chi connectivity index (χ0v) is 22.3. The van der Waals surface area contributed by atoms with Crippen molar-refractivity contribution in [3.63, 3.8) is 0 Å². The third-order valence-corrected chi connectivity index (χ3v) is 13.5. The lowest BCUT2D eigenvalue weighted by Gasteiger charge is -2.73. The van der Waals surface area contributed by atoms with Crippen LogP contribution in [-0.2, 0) is 0 Å². The van der Waals surface area contributed by atoms with Gasteiger partial charge < -0.3 is 10.2 Å². The van der Waals surface area contributed by atoms with Crippen molar-refractivity contribution in [1.82, 2.24) is 0 Å². The Kier molecular flexibility index (Phi) is 5.17. The maximum atomic E-state index is 10.9. The molecule has 0 spiro atoms. The number of hydrogen-bond acceptors (Lipinski definition) is 2. The van der Waals surface area contributed by atoms with E-state index in [2.05, 4.69) is 48.5 Å². The largest absolute Gasteiger partial charge is 0.396 e.